The van der Waals surface area contributed by atoms with Crippen molar-refractivity contribution in [3.05, 3.63) is 57.6 Å². The Hall–Kier alpha value is -2.35. The predicted molar refractivity (Wildman–Crippen MR) is 116 cm³/mol. The van der Waals surface area contributed by atoms with Gasteiger partial charge in [0.2, 0.25) is 0 Å². The van der Waals surface area contributed by atoms with Crippen LogP contribution < -0.4 is 9.64 Å². The van der Waals surface area contributed by atoms with Crippen molar-refractivity contribution in [3.8, 4) is 16.3 Å². The highest BCUT2D eigenvalue weighted by Crippen LogP contribution is 2.32. The molecule has 2 aromatic heterocycles. The maximum atomic E-state index is 12.9. The summed E-state index contributed by atoms with van der Waals surface area (Å²) in [6.07, 6.45) is 1.58. The summed E-state index contributed by atoms with van der Waals surface area (Å²) < 4.78 is 5.40. The van der Waals surface area contributed by atoms with Crippen LogP contribution in [0.4, 0.5) is 5.82 Å². The zero-order valence-corrected chi connectivity index (χ0v) is 18.0. The number of piperazine rings is 1. The van der Waals surface area contributed by atoms with E-state index in [0.29, 0.717) is 47.7 Å². The van der Waals surface area contributed by atoms with Crippen LogP contribution in [0.15, 0.2) is 41.9 Å². The van der Waals surface area contributed by atoms with Crippen molar-refractivity contribution in [3.63, 3.8) is 0 Å². The lowest BCUT2D eigenvalue weighted by atomic mass is 10.2. The van der Waals surface area contributed by atoms with Gasteiger partial charge < -0.3 is 14.5 Å². The molecule has 0 N–H and O–H groups in total. The first-order chi connectivity index (χ1) is 14.1. The number of carbonyl (C=O) groups is 1. The van der Waals surface area contributed by atoms with E-state index in [1.54, 1.807) is 29.7 Å². The van der Waals surface area contributed by atoms with Gasteiger partial charge in [0.25, 0.3) is 5.91 Å². The third-order valence-corrected chi connectivity index (χ3v) is 6.08. The predicted octanol–water partition coefficient (Wildman–Crippen LogP) is 4.48. The number of methoxy groups -OCH3 is 1. The zero-order chi connectivity index (χ0) is 20.4. The monoisotopic (exact) mass is 448 g/mol. The van der Waals surface area contributed by atoms with Crippen molar-refractivity contribution in [2.24, 2.45) is 0 Å². The van der Waals surface area contributed by atoms with E-state index in [1.807, 2.05) is 24.3 Å². The average Bonchev–Trinajstić information content (AvgIpc) is 3.23. The lowest BCUT2D eigenvalue weighted by Gasteiger charge is -2.35. The number of nitrogens with zero attached hydrogens (tertiary/aromatic N) is 4. The fourth-order valence-corrected chi connectivity index (χ4v) is 4.56. The molecule has 1 aliphatic heterocycles. The van der Waals surface area contributed by atoms with E-state index in [9.17, 15) is 4.79 Å². The normalized spacial score (nSPS) is 14.2. The van der Waals surface area contributed by atoms with Crippen molar-refractivity contribution in [1.82, 2.24) is 14.9 Å². The number of benzene rings is 1. The Kier molecular flexibility index (Phi) is 5.89. The van der Waals surface area contributed by atoms with E-state index in [2.05, 4.69) is 14.9 Å². The van der Waals surface area contributed by atoms with Gasteiger partial charge in [0.05, 0.1) is 22.7 Å². The molecule has 1 fully saturated rings. The van der Waals surface area contributed by atoms with Gasteiger partial charge in [-0.25, -0.2) is 9.97 Å². The fraction of sp³-hybridized carbons (Fsp3) is 0.250. The summed E-state index contributed by atoms with van der Waals surface area (Å²) in [6, 6.07) is 9.33. The van der Waals surface area contributed by atoms with E-state index in [1.165, 1.54) is 11.3 Å². The number of anilines is 1. The number of para-hydroxylation sites is 1. The summed E-state index contributed by atoms with van der Waals surface area (Å²) in [5.41, 5.74) is 1.33. The summed E-state index contributed by atoms with van der Waals surface area (Å²) in [6.45, 7) is 2.43. The van der Waals surface area contributed by atoms with Crippen molar-refractivity contribution >= 4 is 46.3 Å². The van der Waals surface area contributed by atoms with E-state index in [0.717, 1.165) is 16.3 Å². The number of pyridine rings is 1. The summed E-state index contributed by atoms with van der Waals surface area (Å²) in [7, 11) is 1.62. The van der Waals surface area contributed by atoms with Gasteiger partial charge in [-0.2, -0.15) is 0 Å². The van der Waals surface area contributed by atoms with E-state index in [-0.39, 0.29) is 5.91 Å². The van der Waals surface area contributed by atoms with Crippen LogP contribution in [0.2, 0.25) is 10.0 Å². The van der Waals surface area contributed by atoms with Gasteiger partial charge in [-0.3, -0.25) is 4.79 Å². The Morgan fingerprint density at radius 2 is 1.93 bits per heavy atom. The van der Waals surface area contributed by atoms with E-state index in [4.69, 9.17) is 27.9 Å². The maximum absolute atomic E-state index is 12.9. The first kappa shape index (κ1) is 19.9. The van der Waals surface area contributed by atoms with E-state index < -0.39 is 0 Å². The number of amides is 1. The lowest BCUT2D eigenvalue weighted by molar-refractivity contribution is 0.0741. The maximum Gasteiger partial charge on any atom is 0.273 e. The molecule has 3 heterocycles. The van der Waals surface area contributed by atoms with Gasteiger partial charge in [0.15, 0.2) is 0 Å². The highest BCUT2D eigenvalue weighted by atomic mass is 35.5. The van der Waals surface area contributed by atoms with Gasteiger partial charge in [-0.15, -0.1) is 11.3 Å². The van der Waals surface area contributed by atoms with Crippen LogP contribution in [0.1, 0.15) is 10.5 Å². The minimum absolute atomic E-state index is 0.0720. The molecular formula is C20H18Cl2N4O2S. The number of halogens is 2. The summed E-state index contributed by atoms with van der Waals surface area (Å²) in [4.78, 5) is 25.7. The molecule has 4 rings (SSSR count). The SMILES string of the molecule is COc1ccccc1-c1nc(C(=O)N2CCN(c3ncc(Cl)cc3Cl)CC2)cs1. The number of hydrogen-bond acceptors (Lipinski definition) is 6. The Labute approximate surface area is 182 Å². The van der Waals surface area contributed by atoms with Gasteiger partial charge >= 0.3 is 0 Å². The van der Waals surface area contributed by atoms with Crippen LogP contribution in [0.5, 0.6) is 5.75 Å². The van der Waals surface area contributed by atoms with Crippen LogP contribution >= 0.6 is 34.5 Å². The quantitative estimate of drug-likeness (QED) is 0.588. The number of rotatable bonds is 4. The summed E-state index contributed by atoms with van der Waals surface area (Å²) in [5, 5.41) is 3.58. The number of thiazole rings is 1. The van der Waals surface area contributed by atoms with E-state index >= 15 is 0 Å². The van der Waals surface area contributed by atoms with Crippen molar-refractivity contribution in [2.45, 2.75) is 0 Å². The third-order valence-electron chi connectivity index (χ3n) is 4.72. The average molecular weight is 449 g/mol. The van der Waals surface area contributed by atoms with Crippen molar-refractivity contribution < 1.29 is 9.53 Å². The summed E-state index contributed by atoms with van der Waals surface area (Å²) in [5.74, 6) is 1.36. The van der Waals surface area contributed by atoms with Crippen LogP contribution in [0, 0.1) is 0 Å². The lowest BCUT2D eigenvalue weighted by Crippen LogP contribution is -2.49. The van der Waals surface area contributed by atoms with Crippen LogP contribution in [-0.4, -0.2) is 54.1 Å². The van der Waals surface area contributed by atoms with Gasteiger partial charge in [0.1, 0.15) is 22.3 Å². The summed E-state index contributed by atoms with van der Waals surface area (Å²) >= 11 is 13.6. The number of ether oxygens (including phenoxy) is 1. The van der Waals surface area contributed by atoms with Gasteiger partial charge in [-0.1, -0.05) is 35.3 Å². The molecule has 3 aromatic rings. The smallest absolute Gasteiger partial charge is 0.273 e. The van der Waals surface area contributed by atoms with Crippen molar-refractivity contribution in [1.29, 1.82) is 0 Å². The zero-order valence-electron chi connectivity index (χ0n) is 15.6. The van der Waals surface area contributed by atoms with Crippen molar-refractivity contribution in [2.75, 3.05) is 38.2 Å². The van der Waals surface area contributed by atoms with Gasteiger partial charge in [-0.05, 0) is 18.2 Å². The first-order valence-electron chi connectivity index (χ1n) is 9.01. The molecule has 9 heteroatoms. The van der Waals surface area contributed by atoms with Crippen LogP contribution in [0.3, 0.4) is 0 Å². The van der Waals surface area contributed by atoms with Crippen LogP contribution in [0.25, 0.3) is 10.6 Å². The molecule has 0 radical (unpaired) electrons. The second-order valence-corrected chi connectivity index (χ2v) is 8.18. The molecule has 1 aliphatic rings. The van der Waals surface area contributed by atoms with Crippen LogP contribution in [-0.2, 0) is 0 Å². The highest BCUT2D eigenvalue weighted by molar-refractivity contribution is 7.13. The standard InChI is InChI=1S/C20H18Cl2N4O2S/c1-28-17-5-3-2-4-14(17)19-24-16(12-29-19)20(27)26-8-6-25(7-9-26)18-15(22)10-13(21)11-23-18/h2-5,10-12H,6-9H2,1H3. The first-order valence-corrected chi connectivity index (χ1v) is 10.6. The molecule has 6 nitrogen and oxygen atoms in total. The van der Waals surface area contributed by atoms with Gasteiger partial charge in [0, 0.05) is 37.8 Å². The highest BCUT2D eigenvalue weighted by Gasteiger charge is 2.26. The number of carbonyl (C=O) groups excluding carboxylic acids is 1. The molecule has 0 bridgehead atoms. The Morgan fingerprint density at radius 3 is 2.66 bits per heavy atom. The topological polar surface area (TPSA) is 58.6 Å². The Morgan fingerprint density at radius 1 is 1.17 bits per heavy atom. The minimum Gasteiger partial charge on any atom is -0.496 e. The molecule has 1 aromatic carbocycles. The minimum atomic E-state index is -0.0720. The second kappa shape index (κ2) is 8.57. The molecule has 1 amide bonds. The molecular weight excluding hydrogens is 431 g/mol. The molecule has 0 spiro atoms. The fourth-order valence-electron chi connectivity index (χ4n) is 3.24. The molecule has 29 heavy (non-hydrogen) atoms. The molecule has 0 atom stereocenters. The Balaban J connectivity index is 1.44. The molecule has 0 aliphatic carbocycles. The number of aromatic nitrogens is 2. The second-order valence-electron chi connectivity index (χ2n) is 6.48. The number of hydrogen-bond donors (Lipinski definition) is 0. The molecule has 0 saturated carbocycles. The largest absolute Gasteiger partial charge is 0.496 e. The molecule has 0 unspecified atom stereocenters. The third kappa shape index (κ3) is 4.17. The Bertz CT molecular complexity index is 1030. The molecule has 1 saturated heterocycles. The molecule has 150 valence electrons.